The first kappa shape index (κ1) is 11.4. The average molecular weight is 201 g/mol. The maximum Gasteiger partial charge on any atom is 0.0165 e. The van der Waals surface area contributed by atoms with Gasteiger partial charge in [-0.1, -0.05) is 20.3 Å². The molecule has 1 aliphatic rings. The zero-order chi connectivity index (χ0) is 9.73. The number of rotatable bonds is 5. The molecule has 0 aromatic rings. The molecule has 0 bridgehead atoms. The molecule has 0 saturated heterocycles. The standard InChI is InChI=1S/C11H23NS/c1-3-10-5-6-11(12,9-10)7-8-13-4-2/h10H,3-9,12H2,1-2H3. The van der Waals surface area contributed by atoms with Crippen LogP contribution in [0.15, 0.2) is 0 Å². The monoisotopic (exact) mass is 201 g/mol. The third-order valence-corrected chi connectivity index (χ3v) is 4.17. The van der Waals surface area contributed by atoms with Gasteiger partial charge in [-0.3, -0.25) is 0 Å². The summed E-state index contributed by atoms with van der Waals surface area (Å²) >= 11 is 2.02. The van der Waals surface area contributed by atoms with Crippen molar-refractivity contribution in [1.29, 1.82) is 0 Å². The molecule has 1 saturated carbocycles. The lowest BCUT2D eigenvalue weighted by Gasteiger charge is -2.23. The van der Waals surface area contributed by atoms with E-state index in [1.54, 1.807) is 0 Å². The second-order valence-electron chi connectivity index (χ2n) is 4.33. The molecule has 0 aromatic heterocycles. The van der Waals surface area contributed by atoms with Crippen LogP contribution in [0, 0.1) is 5.92 Å². The predicted octanol–water partition coefficient (Wildman–Crippen LogP) is 3.04. The molecule has 0 amide bonds. The van der Waals surface area contributed by atoms with Gasteiger partial charge in [-0.15, -0.1) is 0 Å². The Hall–Kier alpha value is 0.310. The first-order chi connectivity index (χ1) is 6.20. The topological polar surface area (TPSA) is 26.0 Å². The number of nitrogens with two attached hydrogens (primary N) is 1. The summed E-state index contributed by atoms with van der Waals surface area (Å²) in [7, 11) is 0. The SMILES string of the molecule is CCSCCC1(N)CCC(CC)C1. The summed E-state index contributed by atoms with van der Waals surface area (Å²) in [5.74, 6) is 3.40. The van der Waals surface area contributed by atoms with E-state index >= 15 is 0 Å². The molecule has 0 aromatic carbocycles. The van der Waals surface area contributed by atoms with Crippen molar-refractivity contribution in [2.45, 2.75) is 51.5 Å². The van der Waals surface area contributed by atoms with Gasteiger partial charge in [0.1, 0.15) is 0 Å². The van der Waals surface area contributed by atoms with Crippen LogP contribution in [0.4, 0.5) is 0 Å². The Labute approximate surface area is 86.8 Å². The van der Waals surface area contributed by atoms with Crippen molar-refractivity contribution in [2.75, 3.05) is 11.5 Å². The van der Waals surface area contributed by atoms with Crippen LogP contribution < -0.4 is 5.73 Å². The predicted molar refractivity (Wildman–Crippen MR) is 62.2 cm³/mol. The highest BCUT2D eigenvalue weighted by Gasteiger charge is 2.33. The minimum atomic E-state index is 0.197. The summed E-state index contributed by atoms with van der Waals surface area (Å²) < 4.78 is 0. The lowest BCUT2D eigenvalue weighted by molar-refractivity contribution is 0.400. The normalized spacial score (nSPS) is 33.9. The second kappa shape index (κ2) is 5.26. The first-order valence-corrected chi connectivity index (χ1v) is 6.72. The molecule has 0 heterocycles. The minimum Gasteiger partial charge on any atom is -0.325 e. The second-order valence-corrected chi connectivity index (χ2v) is 5.72. The van der Waals surface area contributed by atoms with E-state index in [1.165, 1.54) is 43.6 Å². The van der Waals surface area contributed by atoms with Crippen LogP contribution in [0.2, 0.25) is 0 Å². The molecule has 2 atom stereocenters. The molecular formula is C11H23NS. The summed E-state index contributed by atoms with van der Waals surface area (Å²) in [4.78, 5) is 0. The van der Waals surface area contributed by atoms with Gasteiger partial charge in [-0.25, -0.2) is 0 Å². The Morgan fingerprint density at radius 2 is 2.23 bits per heavy atom. The van der Waals surface area contributed by atoms with Gasteiger partial charge in [-0.2, -0.15) is 11.8 Å². The van der Waals surface area contributed by atoms with Crippen molar-refractivity contribution in [3.05, 3.63) is 0 Å². The van der Waals surface area contributed by atoms with E-state index in [-0.39, 0.29) is 5.54 Å². The molecule has 1 fully saturated rings. The minimum absolute atomic E-state index is 0.197. The molecule has 2 heteroatoms. The van der Waals surface area contributed by atoms with E-state index < -0.39 is 0 Å². The van der Waals surface area contributed by atoms with Gasteiger partial charge in [0, 0.05) is 5.54 Å². The highest BCUT2D eigenvalue weighted by Crippen LogP contribution is 2.37. The van der Waals surface area contributed by atoms with Crippen molar-refractivity contribution < 1.29 is 0 Å². The zero-order valence-corrected chi connectivity index (χ0v) is 9.83. The number of thioether (sulfide) groups is 1. The van der Waals surface area contributed by atoms with E-state index in [0.29, 0.717) is 0 Å². The maximum absolute atomic E-state index is 6.35. The van der Waals surface area contributed by atoms with E-state index in [9.17, 15) is 0 Å². The molecular weight excluding hydrogens is 178 g/mol. The van der Waals surface area contributed by atoms with Crippen molar-refractivity contribution in [1.82, 2.24) is 0 Å². The number of hydrogen-bond acceptors (Lipinski definition) is 2. The molecule has 0 radical (unpaired) electrons. The third-order valence-electron chi connectivity index (χ3n) is 3.27. The highest BCUT2D eigenvalue weighted by molar-refractivity contribution is 7.99. The van der Waals surface area contributed by atoms with Crippen molar-refractivity contribution in [3.63, 3.8) is 0 Å². The molecule has 78 valence electrons. The van der Waals surface area contributed by atoms with Gasteiger partial charge in [0.2, 0.25) is 0 Å². The molecule has 0 aliphatic heterocycles. The Balaban J connectivity index is 2.23. The maximum atomic E-state index is 6.35. The first-order valence-electron chi connectivity index (χ1n) is 5.57. The van der Waals surface area contributed by atoms with Crippen LogP contribution in [-0.4, -0.2) is 17.0 Å². The van der Waals surface area contributed by atoms with Crippen molar-refractivity contribution in [3.8, 4) is 0 Å². The Morgan fingerprint density at radius 1 is 1.46 bits per heavy atom. The van der Waals surface area contributed by atoms with Crippen LogP contribution in [0.1, 0.15) is 46.0 Å². The van der Waals surface area contributed by atoms with Gasteiger partial charge in [-0.05, 0) is 43.1 Å². The van der Waals surface area contributed by atoms with Crippen LogP contribution in [0.3, 0.4) is 0 Å². The Kier molecular flexibility index (Phi) is 4.60. The summed E-state index contributed by atoms with van der Waals surface area (Å²) in [6, 6.07) is 0. The Bertz CT molecular complexity index is 149. The summed E-state index contributed by atoms with van der Waals surface area (Å²) in [6.07, 6.45) is 6.44. The summed E-state index contributed by atoms with van der Waals surface area (Å²) in [6.45, 7) is 4.51. The fraction of sp³-hybridized carbons (Fsp3) is 1.00. The lowest BCUT2D eigenvalue weighted by Crippen LogP contribution is -2.37. The molecule has 1 rings (SSSR count). The van der Waals surface area contributed by atoms with Crippen LogP contribution >= 0.6 is 11.8 Å². The Morgan fingerprint density at radius 3 is 2.77 bits per heavy atom. The van der Waals surface area contributed by atoms with Crippen LogP contribution in [0.25, 0.3) is 0 Å². The molecule has 2 unspecified atom stereocenters. The van der Waals surface area contributed by atoms with Gasteiger partial charge >= 0.3 is 0 Å². The smallest absolute Gasteiger partial charge is 0.0165 e. The fourth-order valence-corrected chi connectivity index (χ4v) is 3.11. The van der Waals surface area contributed by atoms with Crippen molar-refractivity contribution in [2.24, 2.45) is 11.7 Å². The van der Waals surface area contributed by atoms with E-state index in [1.807, 2.05) is 11.8 Å². The quantitative estimate of drug-likeness (QED) is 0.692. The van der Waals surface area contributed by atoms with E-state index in [4.69, 9.17) is 5.73 Å². The number of hydrogen-bond donors (Lipinski definition) is 1. The molecule has 2 N–H and O–H groups in total. The van der Waals surface area contributed by atoms with E-state index in [2.05, 4.69) is 13.8 Å². The highest BCUT2D eigenvalue weighted by atomic mass is 32.2. The van der Waals surface area contributed by atoms with Crippen LogP contribution in [-0.2, 0) is 0 Å². The summed E-state index contributed by atoms with van der Waals surface area (Å²) in [5, 5.41) is 0. The van der Waals surface area contributed by atoms with Gasteiger partial charge in [0.25, 0.3) is 0 Å². The molecule has 0 spiro atoms. The third kappa shape index (κ3) is 3.51. The lowest BCUT2D eigenvalue weighted by atomic mass is 9.93. The zero-order valence-electron chi connectivity index (χ0n) is 9.01. The van der Waals surface area contributed by atoms with Crippen molar-refractivity contribution >= 4 is 11.8 Å². The van der Waals surface area contributed by atoms with Crippen LogP contribution in [0.5, 0.6) is 0 Å². The van der Waals surface area contributed by atoms with Gasteiger partial charge < -0.3 is 5.73 Å². The molecule has 13 heavy (non-hydrogen) atoms. The largest absolute Gasteiger partial charge is 0.325 e. The van der Waals surface area contributed by atoms with E-state index in [0.717, 1.165) is 5.92 Å². The fourth-order valence-electron chi connectivity index (χ4n) is 2.27. The summed E-state index contributed by atoms with van der Waals surface area (Å²) in [5.41, 5.74) is 6.55. The van der Waals surface area contributed by atoms with Gasteiger partial charge in [0.15, 0.2) is 0 Å². The molecule has 1 aliphatic carbocycles. The molecule has 1 nitrogen and oxygen atoms in total. The van der Waals surface area contributed by atoms with Gasteiger partial charge in [0.05, 0.1) is 0 Å². The average Bonchev–Trinajstić information content (AvgIpc) is 2.49.